The van der Waals surface area contributed by atoms with Crippen LogP contribution in [0.15, 0.2) is 39.1 Å². The first-order valence-electron chi connectivity index (χ1n) is 4.37. The summed E-state index contributed by atoms with van der Waals surface area (Å²) in [5.74, 6) is 0. The number of halogens is 2. The average Bonchev–Trinajstić information content (AvgIpc) is 2.63. The number of nitrogens with zero attached hydrogens (tertiary/aromatic N) is 1. The summed E-state index contributed by atoms with van der Waals surface area (Å²) in [7, 11) is -3.60. The first kappa shape index (κ1) is 12.8. The monoisotopic (exact) mass is 352 g/mol. The summed E-state index contributed by atoms with van der Waals surface area (Å²) in [5.41, 5.74) is 0. The van der Waals surface area contributed by atoms with Crippen LogP contribution in [0, 0.1) is 0 Å². The van der Waals surface area contributed by atoms with Crippen LogP contribution in [0.5, 0.6) is 0 Å². The zero-order chi connectivity index (χ0) is 12.5. The molecule has 8 heteroatoms. The molecular formula is C9H6BrClN2O2S2. The maximum atomic E-state index is 11.9. The van der Waals surface area contributed by atoms with Gasteiger partial charge in [-0.3, -0.25) is 4.72 Å². The second kappa shape index (κ2) is 4.93. The van der Waals surface area contributed by atoms with Crippen LogP contribution in [-0.4, -0.2) is 13.4 Å². The van der Waals surface area contributed by atoms with Gasteiger partial charge >= 0.3 is 0 Å². The summed E-state index contributed by atoms with van der Waals surface area (Å²) in [6, 6.07) is 5.92. The van der Waals surface area contributed by atoms with Gasteiger partial charge in [-0.1, -0.05) is 22.9 Å². The number of anilines is 1. The van der Waals surface area contributed by atoms with Crippen LogP contribution in [-0.2, 0) is 10.0 Å². The smallest absolute Gasteiger partial charge is 0.255 e. The number of rotatable bonds is 3. The molecule has 0 saturated carbocycles. The molecule has 0 atom stereocenters. The predicted molar refractivity (Wildman–Crippen MR) is 72.1 cm³/mol. The molecule has 0 radical (unpaired) electrons. The third-order valence-electron chi connectivity index (χ3n) is 1.82. The summed E-state index contributed by atoms with van der Waals surface area (Å²) in [6.07, 6.45) is 1.53. The maximum Gasteiger partial charge on any atom is 0.263 e. The molecule has 1 aromatic heterocycles. The van der Waals surface area contributed by atoms with E-state index in [2.05, 4.69) is 25.6 Å². The highest BCUT2D eigenvalue weighted by atomic mass is 79.9. The van der Waals surface area contributed by atoms with Crippen molar-refractivity contribution in [2.75, 3.05) is 4.72 Å². The Morgan fingerprint density at radius 1 is 1.29 bits per heavy atom. The zero-order valence-electron chi connectivity index (χ0n) is 8.22. The highest BCUT2D eigenvalue weighted by Gasteiger charge is 2.15. The number of benzene rings is 1. The molecule has 1 aromatic carbocycles. The number of thiazole rings is 1. The van der Waals surface area contributed by atoms with Gasteiger partial charge in [0, 0.05) is 5.02 Å². The van der Waals surface area contributed by atoms with Gasteiger partial charge in [0.2, 0.25) is 0 Å². The molecule has 0 aliphatic heterocycles. The fourth-order valence-electron chi connectivity index (χ4n) is 1.09. The summed E-state index contributed by atoms with van der Waals surface area (Å²) >= 11 is 10.1. The lowest BCUT2D eigenvalue weighted by Crippen LogP contribution is -2.12. The van der Waals surface area contributed by atoms with E-state index in [1.165, 1.54) is 41.8 Å². The third-order valence-corrected chi connectivity index (χ3v) is 4.95. The van der Waals surface area contributed by atoms with Gasteiger partial charge in [0.15, 0.2) is 5.13 Å². The van der Waals surface area contributed by atoms with Crippen molar-refractivity contribution in [2.45, 2.75) is 4.90 Å². The van der Waals surface area contributed by atoms with Gasteiger partial charge in [0.25, 0.3) is 10.0 Å². The van der Waals surface area contributed by atoms with E-state index in [-0.39, 0.29) is 4.90 Å². The molecule has 2 aromatic rings. The number of sulfonamides is 1. The molecule has 0 amide bonds. The SMILES string of the molecule is O=S(=O)(Nc1ncc(Br)s1)c1ccc(Cl)cc1. The number of hydrogen-bond acceptors (Lipinski definition) is 4. The first-order chi connectivity index (χ1) is 7.97. The highest BCUT2D eigenvalue weighted by molar-refractivity contribution is 9.11. The van der Waals surface area contributed by atoms with E-state index in [0.29, 0.717) is 10.2 Å². The summed E-state index contributed by atoms with van der Waals surface area (Å²) in [4.78, 5) is 4.05. The Balaban J connectivity index is 2.28. The van der Waals surface area contributed by atoms with Crippen molar-refractivity contribution in [3.8, 4) is 0 Å². The molecule has 0 aliphatic rings. The minimum atomic E-state index is -3.60. The first-order valence-corrected chi connectivity index (χ1v) is 7.84. The summed E-state index contributed by atoms with van der Waals surface area (Å²) in [6.45, 7) is 0. The van der Waals surface area contributed by atoms with E-state index in [9.17, 15) is 8.42 Å². The van der Waals surface area contributed by atoms with Crippen LogP contribution in [0.2, 0.25) is 5.02 Å². The molecule has 0 spiro atoms. The lowest BCUT2D eigenvalue weighted by Gasteiger charge is -2.04. The molecular weight excluding hydrogens is 348 g/mol. The van der Waals surface area contributed by atoms with Gasteiger partial charge < -0.3 is 0 Å². The Morgan fingerprint density at radius 3 is 2.47 bits per heavy atom. The van der Waals surface area contributed by atoms with Gasteiger partial charge in [0.1, 0.15) is 0 Å². The molecule has 90 valence electrons. The molecule has 0 bridgehead atoms. The van der Waals surface area contributed by atoms with Crippen molar-refractivity contribution in [1.82, 2.24) is 4.98 Å². The zero-order valence-corrected chi connectivity index (χ0v) is 12.2. The molecule has 17 heavy (non-hydrogen) atoms. The molecule has 0 saturated heterocycles. The second-order valence-corrected chi connectivity index (χ2v) is 7.56. The van der Waals surface area contributed by atoms with Crippen LogP contribution in [0.3, 0.4) is 0 Å². The van der Waals surface area contributed by atoms with E-state index in [4.69, 9.17) is 11.6 Å². The van der Waals surface area contributed by atoms with Crippen LogP contribution in [0.4, 0.5) is 5.13 Å². The van der Waals surface area contributed by atoms with Crippen LogP contribution in [0.25, 0.3) is 0 Å². The molecule has 0 fully saturated rings. The normalized spacial score (nSPS) is 11.4. The number of aromatic nitrogens is 1. The van der Waals surface area contributed by atoms with Crippen LogP contribution >= 0.6 is 38.9 Å². The van der Waals surface area contributed by atoms with Crippen LogP contribution in [0.1, 0.15) is 0 Å². The molecule has 0 unspecified atom stereocenters. The fraction of sp³-hybridized carbons (Fsp3) is 0. The van der Waals surface area contributed by atoms with Crippen molar-refractivity contribution < 1.29 is 8.42 Å². The largest absolute Gasteiger partial charge is 0.263 e. The molecule has 1 N–H and O–H groups in total. The predicted octanol–water partition coefficient (Wildman–Crippen LogP) is 3.36. The number of hydrogen-bond donors (Lipinski definition) is 1. The Morgan fingerprint density at radius 2 is 1.94 bits per heavy atom. The van der Waals surface area contributed by atoms with E-state index in [1.807, 2.05) is 0 Å². The Bertz CT molecular complexity index is 625. The summed E-state index contributed by atoms with van der Waals surface area (Å²) in [5, 5.41) is 0.799. The van der Waals surface area contributed by atoms with Gasteiger partial charge in [0.05, 0.1) is 14.9 Å². The standard InChI is InChI=1S/C9H6BrClN2O2S2/c10-8-5-12-9(16-8)13-17(14,15)7-3-1-6(11)2-4-7/h1-5H,(H,12,13). The quantitative estimate of drug-likeness (QED) is 0.920. The Labute approximate surface area is 116 Å². The minimum Gasteiger partial charge on any atom is -0.255 e. The lowest BCUT2D eigenvalue weighted by molar-refractivity contribution is 0.601. The minimum absolute atomic E-state index is 0.147. The van der Waals surface area contributed by atoms with Gasteiger partial charge in [-0.25, -0.2) is 13.4 Å². The van der Waals surface area contributed by atoms with E-state index < -0.39 is 10.0 Å². The van der Waals surface area contributed by atoms with Gasteiger partial charge in [-0.15, -0.1) is 0 Å². The van der Waals surface area contributed by atoms with E-state index in [1.54, 1.807) is 0 Å². The molecule has 1 heterocycles. The van der Waals surface area contributed by atoms with Crippen LogP contribution < -0.4 is 4.72 Å². The van der Waals surface area contributed by atoms with E-state index >= 15 is 0 Å². The second-order valence-electron chi connectivity index (χ2n) is 3.03. The molecule has 2 rings (SSSR count). The van der Waals surface area contributed by atoms with Crippen molar-refractivity contribution in [3.63, 3.8) is 0 Å². The molecule has 0 aliphatic carbocycles. The van der Waals surface area contributed by atoms with Gasteiger partial charge in [-0.2, -0.15) is 0 Å². The lowest BCUT2D eigenvalue weighted by atomic mass is 10.4. The fourth-order valence-corrected chi connectivity index (χ4v) is 3.56. The highest BCUT2D eigenvalue weighted by Crippen LogP contribution is 2.25. The van der Waals surface area contributed by atoms with Crippen molar-refractivity contribution in [2.24, 2.45) is 0 Å². The Kier molecular flexibility index (Phi) is 3.72. The van der Waals surface area contributed by atoms with Crippen molar-refractivity contribution in [1.29, 1.82) is 0 Å². The average molecular weight is 354 g/mol. The molecule has 4 nitrogen and oxygen atoms in total. The maximum absolute atomic E-state index is 11.9. The number of nitrogens with one attached hydrogen (secondary N) is 1. The van der Waals surface area contributed by atoms with Gasteiger partial charge in [-0.05, 0) is 40.2 Å². The van der Waals surface area contributed by atoms with Crippen molar-refractivity contribution in [3.05, 3.63) is 39.3 Å². The summed E-state index contributed by atoms with van der Waals surface area (Å²) < 4.78 is 27.0. The Hall–Kier alpha value is -0.630. The third kappa shape index (κ3) is 3.19. The topological polar surface area (TPSA) is 59.1 Å². The van der Waals surface area contributed by atoms with E-state index in [0.717, 1.165) is 3.79 Å². The van der Waals surface area contributed by atoms with Crippen molar-refractivity contribution >= 4 is 54.0 Å².